The first-order valence-electron chi connectivity index (χ1n) is 5.56. The first-order valence-corrected chi connectivity index (χ1v) is 5.56. The highest BCUT2D eigenvalue weighted by Crippen LogP contribution is 2.34. The van der Waals surface area contributed by atoms with Crippen molar-refractivity contribution >= 4 is 5.84 Å². The fourth-order valence-corrected chi connectivity index (χ4v) is 1.58. The molecule has 18 heavy (non-hydrogen) atoms. The molecule has 0 aromatic heterocycles. The largest absolute Gasteiger partial charge is 0.493 e. The molecule has 98 valence electrons. The molecule has 1 aromatic carbocycles. The Kier molecular flexibility index (Phi) is 3.19. The molecule has 0 unspecified atom stereocenters. The van der Waals surface area contributed by atoms with Crippen molar-refractivity contribution in [2.75, 3.05) is 6.61 Å². The summed E-state index contributed by atoms with van der Waals surface area (Å²) in [5, 5.41) is 7.20. The van der Waals surface area contributed by atoms with Crippen molar-refractivity contribution < 1.29 is 17.9 Å². The molecule has 1 aliphatic rings. The highest BCUT2D eigenvalue weighted by molar-refractivity contribution is 5.97. The molecule has 1 aromatic rings. The van der Waals surface area contributed by atoms with E-state index in [0.717, 1.165) is 18.9 Å². The molecule has 0 atom stereocenters. The maximum atomic E-state index is 12.7. The number of rotatable bonds is 4. The van der Waals surface area contributed by atoms with Gasteiger partial charge in [-0.3, -0.25) is 5.41 Å². The summed E-state index contributed by atoms with van der Waals surface area (Å²) in [5.41, 5.74) is 3.93. The number of hydrogen-bond donors (Lipinski definition) is 2. The summed E-state index contributed by atoms with van der Waals surface area (Å²) in [7, 11) is 0. The Morgan fingerprint density at radius 1 is 1.39 bits per heavy atom. The molecule has 0 amide bonds. The average Bonchev–Trinajstić information content (AvgIpc) is 3.08. The van der Waals surface area contributed by atoms with Gasteiger partial charge in [-0.15, -0.1) is 0 Å². The molecule has 0 heterocycles. The van der Waals surface area contributed by atoms with E-state index in [1.54, 1.807) is 0 Å². The molecule has 2 rings (SSSR count). The van der Waals surface area contributed by atoms with Crippen LogP contribution in [0.5, 0.6) is 5.75 Å². The highest BCUT2D eigenvalue weighted by atomic mass is 19.4. The summed E-state index contributed by atoms with van der Waals surface area (Å²) < 4.78 is 43.4. The van der Waals surface area contributed by atoms with E-state index in [-0.39, 0.29) is 5.56 Å². The van der Waals surface area contributed by atoms with E-state index in [0.29, 0.717) is 18.3 Å². The number of ether oxygens (including phenoxy) is 1. The lowest BCUT2D eigenvalue weighted by Gasteiger charge is -2.13. The van der Waals surface area contributed by atoms with Gasteiger partial charge in [0.1, 0.15) is 11.6 Å². The minimum atomic E-state index is -4.52. The lowest BCUT2D eigenvalue weighted by Crippen LogP contribution is -2.19. The fraction of sp³-hybridized carbons (Fsp3) is 0.417. The second-order valence-corrected chi connectivity index (χ2v) is 4.37. The molecule has 1 fully saturated rings. The van der Waals surface area contributed by atoms with E-state index in [9.17, 15) is 13.2 Å². The summed E-state index contributed by atoms with van der Waals surface area (Å²) >= 11 is 0. The molecular weight excluding hydrogens is 245 g/mol. The van der Waals surface area contributed by atoms with Gasteiger partial charge in [0.15, 0.2) is 0 Å². The third-order valence-corrected chi connectivity index (χ3v) is 2.77. The maximum Gasteiger partial charge on any atom is 0.417 e. The second-order valence-electron chi connectivity index (χ2n) is 4.37. The molecule has 0 radical (unpaired) electrons. The predicted molar refractivity (Wildman–Crippen MR) is 60.7 cm³/mol. The molecule has 3 N–H and O–H groups in total. The zero-order valence-electron chi connectivity index (χ0n) is 9.55. The summed E-state index contributed by atoms with van der Waals surface area (Å²) in [4.78, 5) is 0. The van der Waals surface area contributed by atoms with Crippen LogP contribution in [-0.2, 0) is 6.18 Å². The van der Waals surface area contributed by atoms with Gasteiger partial charge in [0.05, 0.1) is 12.2 Å². The Bertz CT molecular complexity index is 467. The van der Waals surface area contributed by atoms with Crippen molar-refractivity contribution in [3.05, 3.63) is 29.3 Å². The van der Waals surface area contributed by atoms with Gasteiger partial charge in [-0.1, -0.05) is 0 Å². The van der Waals surface area contributed by atoms with E-state index >= 15 is 0 Å². The fourth-order valence-electron chi connectivity index (χ4n) is 1.58. The zero-order valence-corrected chi connectivity index (χ0v) is 9.55. The van der Waals surface area contributed by atoms with Gasteiger partial charge in [0, 0.05) is 5.56 Å². The van der Waals surface area contributed by atoms with Gasteiger partial charge < -0.3 is 10.5 Å². The van der Waals surface area contributed by atoms with Crippen LogP contribution in [0.1, 0.15) is 24.0 Å². The van der Waals surface area contributed by atoms with Crippen LogP contribution < -0.4 is 10.5 Å². The van der Waals surface area contributed by atoms with Crippen molar-refractivity contribution in [1.29, 1.82) is 5.41 Å². The highest BCUT2D eigenvalue weighted by Gasteiger charge is 2.34. The lowest BCUT2D eigenvalue weighted by molar-refractivity contribution is -0.137. The van der Waals surface area contributed by atoms with Gasteiger partial charge in [-0.2, -0.15) is 13.2 Å². The van der Waals surface area contributed by atoms with E-state index in [1.807, 2.05) is 0 Å². The Morgan fingerprint density at radius 2 is 2.06 bits per heavy atom. The molecular formula is C12H13F3N2O. The number of nitrogen functional groups attached to an aromatic ring is 1. The van der Waals surface area contributed by atoms with Crippen LogP contribution in [0.4, 0.5) is 13.2 Å². The minimum Gasteiger partial charge on any atom is -0.493 e. The third kappa shape index (κ3) is 2.94. The van der Waals surface area contributed by atoms with E-state index in [1.165, 1.54) is 12.1 Å². The molecule has 1 saturated carbocycles. The minimum absolute atomic E-state index is 0.320. The molecule has 0 bridgehead atoms. The van der Waals surface area contributed by atoms with Crippen LogP contribution >= 0.6 is 0 Å². The van der Waals surface area contributed by atoms with Gasteiger partial charge in [0.2, 0.25) is 0 Å². The average molecular weight is 258 g/mol. The predicted octanol–water partition coefficient (Wildman–Crippen LogP) is 2.78. The topological polar surface area (TPSA) is 59.1 Å². The van der Waals surface area contributed by atoms with E-state index < -0.39 is 17.6 Å². The summed E-state index contributed by atoms with van der Waals surface area (Å²) in [5.74, 6) is 0.215. The monoisotopic (exact) mass is 258 g/mol. The number of alkyl halides is 3. The van der Waals surface area contributed by atoms with E-state index in [4.69, 9.17) is 15.9 Å². The third-order valence-electron chi connectivity index (χ3n) is 2.77. The molecule has 0 spiro atoms. The summed E-state index contributed by atoms with van der Waals surface area (Å²) in [6, 6.07) is 3.34. The van der Waals surface area contributed by atoms with Crippen molar-refractivity contribution in [2.45, 2.75) is 19.0 Å². The van der Waals surface area contributed by atoms with Crippen LogP contribution in [-0.4, -0.2) is 12.4 Å². The Balaban J connectivity index is 2.24. The van der Waals surface area contributed by atoms with Gasteiger partial charge >= 0.3 is 6.18 Å². The van der Waals surface area contributed by atoms with E-state index in [2.05, 4.69) is 0 Å². The number of benzene rings is 1. The number of nitrogens with two attached hydrogens (primary N) is 1. The van der Waals surface area contributed by atoms with Gasteiger partial charge in [-0.25, -0.2) is 0 Å². The summed E-state index contributed by atoms with van der Waals surface area (Å²) in [6.45, 7) is 0.503. The Morgan fingerprint density at radius 3 is 2.56 bits per heavy atom. The lowest BCUT2D eigenvalue weighted by atomic mass is 10.1. The number of hydrogen-bond acceptors (Lipinski definition) is 2. The standard InChI is InChI=1S/C12H13F3N2O/c13-12(14,15)10-4-3-8(5-9(10)11(16)17)18-6-7-1-2-7/h3-5,7H,1-2,6H2,(H3,16,17). The van der Waals surface area contributed by atoms with Crippen LogP contribution in [0.25, 0.3) is 0 Å². The smallest absolute Gasteiger partial charge is 0.417 e. The van der Waals surface area contributed by atoms with Crippen LogP contribution in [0, 0.1) is 11.3 Å². The first-order chi connectivity index (χ1) is 8.38. The molecule has 3 nitrogen and oxygen atoms in total. The Hall–Kier alpha value is -1.72. The number of halogens is 3. The van der Waals surface area contributed by atoms with Crippen molar-refractivity contribution in [3.8, 4) is 5.75 Å². The van der Waals surface area contributed by atoms with Crippen molar-refractivity contribution in [2.24, 2.45) is 11.7 Å². The summed E-state index contributed by atoms with van der Waals surface area (Å²) in [6.07, 6.45) is -2.32. The zero-order chi connectivity index (χ0) is 13.3. The van der Waals surface area contributed by atoms with Crippen LogP contribution in [0.15, 0.2) is 18.2 Å². The molecule has 0 aliphatic heterocycles. The number of nitrogens with one attached hydrogen (secondary N) is 1. The van der Waals surface area contributed by atoms with Crippen LogP contribution in [0.2, 0.25) is 0 Å². The van der Waals surface area contributed by atoms with Gasteiger partial charge in [0.25, 0.3) is 0 Å². The quantitative estimate of drug-likeness (QED) is 0.644. The van der Waals surface area contributed by atoms with Gasteiger partial charge in [-0.05, 0) is 37.0 Å². The molecule has 6 heteroatoms. The maximum absolute atomic E-state index is 12.7. The van der Waals surface area contributed by atoms with Crippen molar-refractivity contribution in [1.82, 2.24) is 0 Å². The molecule has 0 saturated heterocycles. The SMILES string of the molecule is N=C(N)c1cc(OCC2CC2)ccc1C(F)(F)F. The first kappa shape index (κ1) is 12.7. The second kappa shape index (κ2) is 4.51. The molecule has 1 aliphatic carbocycles. The van der Waals surface area contributed by atoms with Crippen molar-refractivity contribution in [3.63, 3.8) is 0 Å². The van der Waals surface area contributed by atoms with Crippen LogP contribution in [0.3, 0.4) is 0 Å². The normalized spacial score (nSPS) is 15.5. The Labute approximate surface area is 102 Å². The number of amidine groups is 1.